The number of benzene rings is 3. The summed E-state index contributed by atoms with van der Waals surface area (Å²) >= 11 is 5.96. The van der Waals surface area contributed by atoms with Gasteiger partial charge in [-0.1, -0.05) is 41.9 Å². The van der Waals surface area contributed by atoms with Crippen molar-refractivity contribution in [3.8, 4) is 5.75 Å². The zero-order chi connectivity index (χ0) is 27.9. The molecule has 0 aliphatic carbocycles. The number of halogens is 2. The van der Waals surface area contributed by atoms with Crippen molar-refractivity contribution in [3.63, 3.8) is 0 Å². The smallest absolute Gasteiger partial charge is 0.264 e. The summed E-state index contributed by atoms with van der Waals surface area (Å²) in [6.07, 6.45) is 0. The van der Waals surface area contributed by atoms with Gasteiger partial charge in [0.15, 0.2) is 0 Å². The minimum absolute atomic E-state index is 0.000552. The van der Waals surface area contributed by atoms with Gasteiger partial charge in [-0.2, -0.15) is 0 Å². The average Bonchev–Trinajstić information content (AvgIpc) is 2.92. The topological polar surface area (TPSA) is 96.0 Å². The third-order valence-corrected chi connectivity index (χ3v) is 7.88. The lowest BCUT2D eigenvalue weighted by atomic mass is 10.1. The van der Waals surface area contributed by atoms with E-state index in [0.29, 0.717) is 17.9 Å². The highest BCUT2D eigenvalue weighted by molar-refractivity contribution is 7.92. The van der Waals surface area contributed by atoms with Crippen LogP contribution in [0.15, 0.2) is 77.7 Å². The summed E-state index contributed by atoms with van der Waals surface area (Å²) in [6.45, 7) is 3.02. The first-order chi connectivity index (χ1) is 18.1. The number of ether oxygens (including phenoxy) is 1. The number of sulfonamides is 1. The molecule has 2 amide bonds. The molecule has 3 aromatic carbocycles. The molecule has 0 bridgehead atoms. The molecule has 0 saturated carbocycles. The number of likely N-dealkylation sites (N-methyl/N-ethyl adjacent to an activating group) is 1. The second-order valence-corrected chi connectivity index (χ2v) is 10.6. The lowest BCUT2D eigenvalue weighted by Crippen LogP contribution is -2.51. The molecule has 1 N–H and O–H groups in total. The van der Waals surface area contributed by atoms with Crippen LogP contribution in [0.3, 0.4) is 0 Å². The van der Waals surface area contributed by atoms with Crippen molar-refractivity contribution < 1.29 is 27.1 Å². The van der Waals surface area contributed by atoms with Crippen molar-refractivity contribution >= 4 is 39.1 Å². The van der Waals surface area contributed by atoms with E-state index in [9.17, 15) is 22.4 Å². The Hall–Kier alpha value is -3.63. The highest BCUT2D eigenvalue weighted by Gasteiger charge is 2.32. The Morgan fingerprint density at radius 1 is 1.05 bits per heavy atom. The maximum Gasteiger partial charge on any atom is 0.264 e. The van der Waals surface area contributed by atoms with Gasteiger partial charge in [0.05, 0.1) is 22.7 Å². The first kappa shape index (κ1) is 28.9. The first-order valence-electron chi connectivity index (χ1n) is 11.8. The maximum absolute atomic E-state index is 13.9. The molecule has 38 heavy (non-hydrogen) atoms. The fourth-order valence-corrected chi connectivity index (χ4v) is 5.36. The van der Waals surface area contributed by atoms with Crippen LogP contribution in [0.2, 0.25) is 5.02 Å². The average molecular weight is 562 g/mol. The molecule has 0 spiro atoms. The summed E-state index contributed by atoms with van der Waals surface area (Å²) in [7, 11) is -2.75. The summed E-state index contributed by atoms with van der Waals surface area (Å²) in [5.74, 6) is -1.21. The third kappa shape index (κ3) is 6.81. The molecule has 0 unspecified atom stereocenters. The number of amides is 2. The number of hydrogen-bond donors (Lipinski definition) is 1. The summed E-state index contributed by atoms with van der Waals surface area (Å²) in [6, 6.07) is 17.0. The largest absolute Gasteiger partial charge is 0.497 e. The number of anilines is 1. The van der Waals surface area contributed by atoms with Crippen LogP contribution >= 0.6 is 11.6 Å². The molecule has 0 saturated heterocycles. The molecule has 202 valence electrons. The molecular weight excluding hydrogens is 533 g/mol. The van der Waals surface area contributed by atoms with Crippen LogP contribution in [0.25, 0.3) is 0 Å². The van der Waals surface area contributed by atoms with Crippen LogP contribution in [-0.2, 0) is 26.2 Å². The van der Waals surface area contributed by atoms with Gasteiger partial charge in [-0.05, 0) is 61.9 Å². The van der Waals surface area contributed by atoms with Gasteiger partial charge in [-0.3, -0.25) is 13.9 Å². The van der Waals surface area contributed by atoms with Gasteiger partial charge >= 0.3 is 0 Å². The van der Waals surface area contributed by atoms with E-state index >= 15 is 0 Å². The van der Waals surface area contributed by atoms with Crippen molar-refractivity contribution in [2.45, 2.75) is 31.3 Å². The van der Waals surface area contributed by atoms with E-state index < -0.39 is 40.2 Å². The van der Waals surface area contributed by atoms with E-state index in [0.717, 1.165) is 16.4 Å². The first-order valence-corrected chi connectivity index (χ1v) is 13.6. The van der Waals surface area contributed by atoms with Crippen molar-refractivity contribution in [3.05, 3.63) is 89.2 Å². The number of carbonyl (C=O) groups excluding carboxylic acids is 2. The predicted molar refractivity (Wildman–Crippen MR) is 144 cm³/mol. The van der Waals surface area contributed by atoms with Crippen LogP contribution < -0.4 is 14.4 Å². The minimum atomic E-state index is -4.27. The quantitative estimate of drug-likeness (QED) is 0.378. The Labute approximate surface area is 227 Å². The third-order valence-electron chi connectivity index (χ3n) is 5.81. The molecule has 0 radical (unpaired) electrons. The van der Waals surface area contributed by atoms with Gasteiger partial charge < -0.3 is 15.0 Å². The van der Waals surface area contributed by atoms with E-state index in [-0.39, 0.29) is 22.2 Å². The van der Waals surface area contributed by atoms with E-state index in [1.54, 1.807) is 56.3 Å². The van der Waals surface area contributed by atoms with Crippen LogP contribution in [0.1, 0.15) is 19.4 Å². The number of nitrogens with one attached hydrogen (secondary N) is 1. The van der Waals surface area contributed by atoms with Crippen molar-refractivity contribution in [1.82, 2.24) is 10.2 Å². The maximum atomic E-state index is 13.9. The normalized spacial score (nSPS) is 11.9. The summed E-state index contributed by atoms with van der Waals surface area (Å²) in [5, 5.41) is 2.40. The molecule has 0 fully saturated rings. The number of rotatable bonds is 11. The Morgan fingerprint density at radius 3 is 2.39 bits per heavy atom. The highest BCUT2D eigenvalue weighted by Crippen LogP contribution is 2.28. The number of methoxy groups -OCH3 is 1. The van der Waals surface area contributed by atoms with E-state index in [1.807, 2.05) is 0 Å². The fourth-order valence-electron chi connectivity index (χ4n) is 3.76. The van der Waals surface area contributed by atoms with Gasteiger partial charge in [0.25, 0.3) is 10.0 Å². The zero-order valence-corrected chi connectivity index (χ0v) is 22.8. The molecule has 11 heteroatoms. The molecule has 8 nitrogen and oxygen atoms in total. The number of nitrogens with zero attached hydrogens (tertiary/aromatic N) is 2. The number of carbonyl (C=O) groups is 2. The standard InChI is InChI=1S/C27H29ClFN3O5S/c1-4-30-27(34)19(2)31(17-20-9-8-10-22(15-20)37-3)26(33)18-32(21-13-14-25(29)24(28)16-21)38(35,36)23-11-6-5-7-12-23/h5-16,19H,4,17-18H2,1-3H3,(H,30,34)/t19-/m0/s1. The second kappa shape index (κ2) is 12.7. The highest BCUT2D eigenvalue weighted by atomic mass is 35.5. The zero-order valence-electron chi connectivity index (χ0n) is 21.2. The molecule has 0 aliphatic rings. The fraction of sp³-hybridized carbons (Fsp3) is 0.259. The van der Waals surface area contributed by atoms with Gasteiger partial charge in [-0.25, -0.2) is 12.8 Å². The minimum Gasteiger partial charge on any atom is -0.497 e. The summed E-state index contributed by atoms with van der Waals surface area (Å²) in [5.41, 5.74) is 0.678. The van der Waals surface area contributed by atoms with E-state index in [2.05, 4.69) is 5.32 Å². The molecule has 0 heterocycles. The van der Waals surface area contributed by atoms with Crippen LogP contribution in [0.4, 0.5) is 10.1 Å². The van der Waals surface area contributed by atoms with Crippen molar-refractivity contribution in [1.29, 1.82) is 0 Å². The lowest BCUT2D eigenvalue weighted by molar-refractivity contribution is -0.139. The molecule has 3 aromatic rings. The van der Waals surface area contributed by atoms with E-state index in [4.69, 9.17) is 16.3 Å². The molecule has 3 rings (SSSR count). The monoisotopic (exact) mass is 561 g/mol. The second-order valence-electron chi connectivity index (χ2n) is 8.37. The van der Waals surface area contributed by atoms with Crippen LogP contribution in [0, 0.1) is 5.82 Å². The lowest BCUT2D eigenvalue weighted by Gasteiger charge is -2.32. The Bertz CT molecular complexity index is 1390. The molecular formula is C27H29ClFN3O5S. The van der Waals surface area contributed by atoms with Gasteiger partial charge in [0.1, 0.15) is 24.2 Å². The van der Waals surface area contributed by atoms with Crippen molar-refractivity contribution in [2.24, 2.45) is 0 Å². The van der Waals surface area contributed by atoms with E-state index in [1.165, 1.54) is 30.2 Å². The molecule has 0 aromatic heterocycles. The predicted octanol–water partition coefficient (Wildman–Crippen LogP) is 4.24. The Balaban J connectivity index is 2.05. The van der Waals surface area contributed by atoms with Gasteiger partial charge in [0, 0.05) is 13.1 Å². The van der Waals surface area contributed by atoms with Gasteiger partial charge in [0.2, 0.25) is 11.8 Å². The Kier molecular flexibility index (Phi) is 9.71. The van der Waals surface area contributed by atoms with Gasteiger partial charge in [-0.15, -0.1) is 0 Å². The molecule has 1 atom stereocenters. The Morgan fingerprint density at radius 2 is 1.76 bits per heavy atom. The van der Waals surface area contributed by atoms with Crippen LogP contribution in [0.5, 0.6) is 5.75 Å². The number of hydrogen-bond acceptors (Lipinski definition) is 5. The summed E-state index contributed by atoms with van der Waals surface area (Å²) < 4.78 is 47.4. The molecule has 0 aliphatic heterocycles. The summed E-state index contributed by atoms with van der Waals surface area (Å²) in [4.78, 5) is 27.7. The van der Waals surface area contributed by atoms with Crippen LogP contribution in [-0.4, -0.2) is 51.4 Å². The van der Waals surface area contributed by atoms with Crippen molar-refractivity contribution in [2.75, 3.05) is 24.5 Å². The SMILES string of the molecule is CCNC(=O)[C@H](C)N(Cc1cccc(OC)c1)C(=O)CN(c1ccc(F)c(Cl)c1)S(=O)(=O)c1ccccc1.